The fourth-order valence-electron chi connectivity index (χ4n) is 1.91. The van der Waals surface area contributed by atoms with Crippen LogP contribution < -0.4 is 0 Å². The highest BCUT2D eigenvalue weighted by Gasteiger charge is 2.19. The summed E-state index contributed by atoms with van der Waals surface area (Å²) in [6.07, 6.45) is 1.62. The van der Waals surface area contributed by atoms with Crippen LogP contribution in [0.15, 0.2) is 44.6 Å². The maximum atomic E-state index is 13.0. The first kappa shape index (κ1) is 15.7. The van der Waals surface area contributed by atoms with E-state index in [2.05, 4.69) is 15.1 Å². The SMILES string of the molecule is CC(C)c1noc(C(C)Sc2ncc(-c3ccc(F)cc3)o2)n1. The van der Waals surface area contributed by atoms with Crippen LogP contribution in [0.4, 0.5) is 4.39 Å². The molecule has 120 valence electrons. The van der Waals surface area contributed by atoms with Gasteiger partial charge in [-0.05, 0) is 31.2 Å². The summed E-state index contributed by atoms with van der Waals surface area (Å²) in [5.41, 5.74) is 0.776. The molecule has 0 aliphatic carbocycles. The van der Waals surface area contributed by atoms with Gasteiger partial charge < -0.3 is 8.94 Å². The van der Waals surface area contributed by atoms with Gasteiger partial charge in [0.2, 0.25) is 5.89 Å². The van der Waals surface area contributed by atoms with Crippen LogP contribution in [-0.4, -0.2) is 15.1 Å². The number of oxazole rings is 1. The summed E-state index contributed by atoms with van der Waals surface area (Å²) >= 11 is 1.39. The van der Waals surface area contributed by atoms with Gasteiger partial charge in [0.25, 0.3) is 5.22 Å². The van der Waals surface area contributed by atoms with Gasteiger partial charge in [0.05, 0.1) is 11.4 Å². The Morgan fingerprint density at radius 2 is 1.87 bits per heavy atom. The molecule has 5 nitrogen and oxygen atoms in total. The number of hydrogen-bond donors (Lipinski definition) is 0. The Morgan fingerprint density at radius 1 is 1.13 bits per heavy atom. The quantitative estimate of drug-likeness (QED) is 0.622. The number of halogens is 1. The number of benzene rings is 1. The van der Waals surface area contributed by atoms with Crippen molar-refractivity contribution in [3.05, 3.63) is 48.0 Å². The highest BCUT2D eigenvalue weighted by Crippen LogP contribution is 2.35. The zero-order valence-corrected chi connectivity index (χ0v) is 13.8. The predicted molar refractivity (Wildman–Crippen MR) is 84.6 cm³/mol. The smallest absolute Gasteiger partial charge is 0.256 e. The number of hydrogen-bond acceptors (Lipinski definition) is 6. The molecule has 1 aromatic carbocycles. The number of nitrogens with zero attached hydrogens (tertiary/aromatic N) is 3. The van der Waals surface area contributed by atoms with Crippen molar-refractivity contribution >= 4 is 11.8 Å². The molecule has 7 heteroatoms. The number of aromatic nitrogens is 3. The molecule has 3 rings (SSSR count). The fourth-order valence-corrected chi connectivity index (χ4v) is 2.66. The van der Waals surface area contributed by atoms with E-state index >= 15 is 0 Å². The number of rotatable bonds is 5. The third-order valence-electron chi connectivity index (χ3n) is 3.21. The Balaban J connectivity index is 1.71. The van der Waals surface area contributed by atoms with Crippen LogP contribution in [0.1, 0.15) is 43.7 Å². The lowest BCUT2D eigenvalue weighted by Crippen LogP contribution is -1.92. The van der Waals surface area contributed by atoms with Crippen LogP contribution in [0.25, 0.3) is 11.3 Å². The molecule has 1 atom stereocenters. The number of thioether (sulfide) groups is 1. The van der Waals surface area contributed by atoms with Crippen molar-refractivity contribution in [1.82, 2.24) is 15.1 Å². The van der Waals surface area contributed by atoms with Gasteiger partial charge in [-0.2, -0.15) is 4.98 Å². The molecular formula is C16H16FN3O2S. The molecule has 1 unspecified atom stereocenters. The molecule has 0 N–H and O–H groups in total. The molecule has 3 aromatic rings. The molecule has 0 bridgehead atoms. The minimum Gasteiger partial charge on any atom is -0.431 e. The van der Waals surface area contributed by atoms with E-state index in [0.717, 1.165) is 5.56 Å². The second-order valence-electron chi connectivity index (χ2n) is 5.40. The van der Waals surface area contributed by atoms with Gasteiger partial charge >= 0.3 is 0 Å². The molecule has 0 fully saturated rings. The van der Waals surface area contributed by atoms with E-state index in [9.17, 15) is 4.39 Å². The third kappa shape index (κ3) is 3.61. The van der Waals surface area contributed by atoms with E-state index in [1.54, 1.807) is 18.3 Å². The second kappa shape index (κ2) is 6.54. The van der Waals surface area contributed by atoms with Gasteiger partial charge in [-0.1, -0.05) is 30.8 Å². The minimum atomic E-state index is -0.283. The normalized spacial score (nSPS) is 12.7. The standard InChI is InChI=1S/C16H16FN3O2S/c1-9(2)14-19-15(22-20-14)10(3)23-16-18-8-13(21-16)11-4-6-12(17)7-5-11/h4-10H,1-3H3. The highest BCUT2D eigenvalue weighted by molar-refractivity contribution is 7.99. The summed E-state index contributed by atoms with van der Waals surface area (Å²) < 4.78 is 23.9. The van der Waals surface area contributed by atoms with Crippen LogP contribution in [0.2, 0.25) is 0 Å². The van der Waals surface area contributed by atoms with E-state index in [0.29, 0.717) is 22.7 Å². The summed E-state index contributed by atoms with van der Waals surface area (Å²) in [6, 6.07) is 6.08. The van der Waals surface area contributed by atoms with Gasteiger partial charge in [0, 0.05) is 11.5 Å². The van der Waals surface area contributed by atoms with Crippen molar-refractivity contribution in [2.24, 2.45) is 0 Å². The monoisotopic (exact) mass is 333 g/mol. The lowest BCUT2D eigenvalue weighted by molar-refractivity contribution is 0.372. The first-order valence-corrected chi connectivity index (χ1v) is 8.13. The van der Waals surface area contributed by atoms with E-state index in [-0.39, 0.29) is 17.0 Å². The molecule has 0 amide bonds. The molecule has 0 aliphatic heterocycles. The van der Waals surface area contributed by atoms with Gasteiger partial charge in [0.15, 0.2) is 11.6 Å². The summed E-state index contributed by atoms with van der Waals surface area (Å²) in [7, 11) is 0. The predicted octanol–water partition coefficient (Wildman–Crippen LogP) is 4.84. The van der Waals surface area contributed by atoms with Gasteiger partial charge in [0.1, 0.15) is 5.82 Å². The summed E-state index contributed by atoms with van der Waals surface area (Å²) in [4.78, 5) is 8.61. The van der Waals surface area contributed by atoms with Gasteiger partial charge in [-0.3, -0.25) is 0 Å². The Bertz CT molecular complexity index is 783. The van der Waals surface area contributed by atoms with E-state index in [1.165, 1.54) is 23.9 Å². The van der Waals surface area contributed by atoms with E-state index in [4.69, 9.17) is 8.94 Å². The van der Waals surface area contributed by atoms with E-state index < -0.39 is 0 Å². The average Bonchev–Trinajstić information content (AvgIpc) is 3.17. The first-order chi connectivity index (χ1) is 11.0. The Morgan fingerprint density at radius 3 is 2.52 bits per heavy atom. The van der Waals surface area contributed by atoms with Crippen molar-refractivity contribution in [2.45, 2.75) is 37.2 Å². The third-order valence-corrected chi connectivity index (χ3v) is 4.16. The van der Waals surface area contributed by atoms with Crippen LogP contribution >= 0.6 is 11.8 Å². The molecule has 0 spiro atoms. The lowest BCUT2D eigenvalue weighted by Gasteiger charge is -2.02. The first-order valence-electron chi connectivity index (χ1n) is 7.25. The van der Waals surface area contributed by atoms with Crippen LogP contribution in [0.5, 0.6) is 0 Å². The van der Waals surface area contributed by atoms with E-state index in [1.807, 2.05) is 20.8 Å². The maximum absolute atomic E-state index is 13.0. The zero-order valence-electron chi connectivity index (χ0n) is 13.0. The zero-order chi connectivity index (χ0) is 16.4. The van der Waals surface area contributed by atoms with Crippen molar-refractivity contribution in [1.29, 1.82) is 0 Å². The largest absolute Gasteiger partial charge is 0.431 e. The Hall–Kier alpha value is -2.15. The Labute approximate surface area is 137 Å². The molecule has 0 radical (unpaired) electrons. The lowest BCUT2D eigenvalue weighted by atomic mass is 10.2. The summed E-state index contributed by atoms with van der Waals surface area (Å²) in [5, 5.41) is 4.38. The van der Waals surface area contributed by atoms with Gasteiger partial charge in [-0.15, -0.1) is 0 Å². The molecule has 2 heterocycles. The minimum absolute atomic E-state index is 0.0743. The van der Waals surface area contributed by atoms with Crippen molar-refractivity contribution in [3.63, 3.8) is 0 Å². The molecule has 23 heavy (non-hydrogen) atoms. The molecule has 0 saturated heterocycles. The molecule has 0 saturated carbocycles. The highest BCUT2D eigenvalue weighted by atomic mass is 32.2. The second-order valence-corrected chi connectivity index (χ2v) is 6.69. The van der Waals surface area contributed by atoms with Crippen LogP contribution in [0.3, 0.4) is 0 Å². The molecule has 0 aliphatic rings. The average molecular weight is 333 g/mol. The van der Waals surface area contributed by atoms with Crippen molar-refractivity contribution < 1.29 is 13.3 Å². The summed E-state index contributed by atoms with van der Waals surface area (Å²) in [6.45, 7) is 5.97. The maximum Gasteiger partial charge on any atom is 0.256 e. The Kier molecular flexibility index (Phi) is 4.47. The van der Waals surface area contributed by atoms with Crippen molar-refractivity contribution in [2.75, 3.05) is 0 Å². The topological polar surface area (TPSA) is 65.0 Å². The van der Waals surface area contributed by atoms with Gasteiger partial charge in [-0.25, -0.2) is 9.37 Å². The fraction of sp³-hybridized carbons (Fsp3) is 0.312. The van der Waals surface area contributed by atoms with Crippen LogP contribution in [0, 0.1) is 5.82 Å². The molecule has 2 aromatic heterocycles. The van der Waals surface area contributed by atoms with Crippen molar-refractivity contribution in [3.8, 4) is 11.3 Å². The molecular weight excluding hydrogens is 317 g/mol. The van der Waals surface area contributed by atoms with Crippen LogP contribution in [-0.2, 0) is 0 Å². The summed E-state index contributed by atoms with van der Waals surface area (Å²) in [5.74, 6) is 1.76.